The van der Waals surface area contributed by atoms with E-state index in [-0.39, 0.29) is 18.4 Å². The summed E-state index contributed by atoms with van der Waals surface area (Å²) in [4.78, 5) is 19.5. The number of ether oxygens (including phenoxy) is 1. The highest BCUT2D eigenvalue weighted by Crippen LogP contribution is 2.36. The fourth-order valence-corrected chi connectivity index (χ4v) is 3.51. The zero-order valence-electron chi connectivity index (χ0n) is 15.6. The smallest absolute Gasteiger partial charge is 0.308 e. The first-order valence-corrected chi connectivity index (χ1v) is 9.04. The normalized spacial score (nSPS) is 10.8. The second-order valence-electron chi connectivity index (χ2n) is 6.64. The van der Waals surface area contributed by atoms with Crippen molar-refractivity contribution in [3.63, 3.8) is 0 Å². The predicted molar refractivity (Wildman–Crippen MR) is 119 cm³/mol. The molecule has 6 heteroatoms. The number of aromatic nitrogens is 2. The van der Waals surface area contributed by atoms with Crippen molar-refractivity contribution in [2.24, 2.45) is 0 Å². The van der Waals surface area contributed by atoms with E-state index in [1.807, 2.05) is 42.5 Å². The van der Waals surface area contributed by atoms with Crippen molar-refractivity contribution in [1.29, 1.82) is 0 Å². The molecule has 0 spiro atoms. The lowest BCUT2D eigenvalue weighted by Gasteiger charge is -2.12. The minimum absolute atomic E-state index is 0. The summed E-state index contributed by atoms with van der Waals surface area (Å²) >= 11 is 0. The van der Waals surface area contributed by atoms with Gasteiger partial charge in [0.2, 0.25) is 0 Å². The number of hydrogen-bond donors (Lipinski definition) is 2. The van der Waals surface area contributed by atoms with Crippen molar-refractivity contribution in [2.45, 2.75) is 6.92 Å². The van der Waals surface area contributed by atoms with Gasteiger partial charge in [-0.1, -0.05) is 36.4 Å². The Hall–Kier alpha value is -3.57. The highest BCUT2D eigenvalue weighted by molar-refractivity contribution is 6.16. The summed E-state index contributed by atoms with van der Waals surface area (Å²) in [6.07, 6.45) is 0. The highest BCUT2D eigenvalue weighted by Gasteiger charge is 2.14. The van der Waals surface area contributed by atoms with Crippen LogP contribution in [0.2, 0.25) is 0 Å². The van der Waals surface area contributed by atoms with Crippen LogP contribution in [-0.4, -0.2) is 15.9 Å². The van der Waals surface area contributed by atoms with Gasteiger partial charge in [-0.2, -0.15) is 0 Å². The number of benzene rings is 3. The van der Waals surface area contributed by atoms with Gasteiger partial charge in [-0.3, -0.25) is 4.79 Å². The molecular weight excluding hydrogens is 386 g/mol. The molecule has 0 aliphatic heterocycles. The van der Waals surface area contributed by atoms with Crippen LogP contribution >= 0.6 is 12.4 Å². The third-order valence-electron chi connectivity index (χ3n) is 4.72. The van der Waals surface area contributed by atoms with E-state index in [2.05, 4.69) is 28.5 Å². The lowest BCUT2D eigenvalue weighted by molar-refractivity contribution is -0.131. The van der Waals surface area contributed by atoms with Gasteiger partial charge >= 0.3 is 5.97 Å². The summed E-state index contributed by atoms with van der Waals surface area (Å²) < 4.78 is 5.12. The molecule has 0 fully saturated rings. The van der Waals surface area contributed by atoms with Crippen molar-refractivity contribution >= 4 is 62.6 Å². The predicted octanol–water partition coefficient (Wildman–Crippen LogP) is 5.96. The van der Waals surface area contributed by atoms with Gasteiger partial charge in [0.1, 0.15) is 5.75 Å². The monoisotopic (exact) mass is 403 g/mol. The Morgan fingerprint density at radius 3 is 2.38 bits per heavy atom. The first kappa shape index (κ1) is 18.8. The number of para-hydroxylation sites is 2. The summed E-state index contributed by atoms with van der Waals surface area (Å²) in [5.74, 6) is 0.189. The maximum atomic E-state index is 11.1. The van der Waals surface area contributed by atoms with Crippen LogP contribution in [-0.2, 0) is 4.79 Å². The molecule has 0 saturated carbocycles. The van der Waals surface area contributed by atoms with Gasteiger partial charge in [-0.25, -0.2) is 4.98 Å². The van der Waals surface area contributed by atoms with Crippen LogP contribution in [0.4, 0.5) is 11.4 Å². The van der Waals surface area contributed by atoms with E-state index in [0.717, 1.165) is 44.2 Å². The van der Waals surface area contributed by atoms with Crippen molar-refractivity contribution in [2.75, 3.05) is 5.32 Å². The number of H-pyrrole nitrogens is 1. The number of carbonyl (C=O) groups is 1. The molecule has 0 saturated heterocycles. The van der Waals surface area contributed by atoms with Crippen molar-refractivity contribution in [3.05, 3.63) is 72.8 Å². The lowest BCUT2D eigenvalue weighted by Crippen LogP contribution is -2.01. The molecule has 0 radical (unpaired) electrons. The Labute approximate surface area is 173 Å². The standard InChI is InChI=1S/C23H17N3O2.ClH/c1-14(27)28-16-12-10-15(11-13-16)24-21-17-6-2-4-8-19(17)25-22-18-7-3-5-9-20(18)26-23(21)22;/h2-13,26H,1H3,(H,24,25);1H. The molecule has 0 aliphatic carbocycles. The van der Waals surface area contributed by atoms with Crippen molar-refractivity contribution < 1.29 is 9.53 Å². The number of pyridine rings is 1. The number of anilines is 2. The number of nitrogens with one attached hydrogen (secondary N) is 2. The van der Waals surface area contributed by atoms with Crippen LogP contribution in [0.1, 0.15) is 6.92 Å². The first-order chi connectivity index (χ1) is 13.7. The van der Waals surface area contributed by atoms with Crippen LogP contribution in [0, 0.1) is 0 Å². The Balaban J connectivity index is 0.00000205. The molecule has 2 N–H and O–H groups in total. The minimum Gasteiger partial charge on any atom is -0.427 e. The van der Waals surface area contributed by atoms with E-state index in [1.54, 1.807) is 12.1 Å². The Morgan fingerprint density at radius 1 is 0.931 bits per heavy atom. The number of nitrogens with zero attached hydrogens (tertiary/aromatic N) is 1. The zero-order chi connectivity index (χ0) is 19.1. The van der Waals surface area contributed by atoms with Gasteiger partial charge in [0.25, 0.3) is 0 Å². The fourth-order valence-electron chi connectivity index (χ4n) is 3.51. The van der Waals surface area contributed by atoms with Gasteiger partial charge in [0.05, 0.1) is 22.2 Å². The number of hydrogen-bond acceptors (Lipinski definition) is 4. The maximum absolute atomic E-state index is 11.1. The largest absolute Gasteiger partial charge is 0.427 e. The molecule has 144 valence electrons. The maximum Gasteiger partial charge on any atom is 0.308 e. The quantitative estimate of drug-likeness (QED) is 0.288. The zero-order valence-corrected chi connectivity index (χ0v) is 16.4. The Morgan fingerprint density at radius 2 is 1.62 bits per heavy atom. The molecule has 0 amide bonds. The molecule has 0 aliphatic rings. The number of halogens is 1. The number of aromatic amines is 1. The number of rotatable bonds is 3. The van der Waals surface area contributed by atoms with Crippen LogP contribution in [0.15, 0.2) is 72.8 Å². The van der Waals surface area contributed by atoms with Gasteiger partial charge < -0.3 is 15.0 Å². The third-order valence-corrected chi connectivity index (χ3v) is 4.72. The molecule has 0 bridgehead atoms. The number of esters is 1. The number of carbonyl (C=O) groups excluding carboxylic acids is 1. The average molecular weight is 404 g/mol. The first-order valence-electron chi connectivity index (χ1n) is 9.04. The topological polar surface area (TPSA) is 67.0 Å². The second kappa shape index (κ2) is 7.45. The van der Waals surface area contributed by atoms with E-state index in [0.29, 0.717) is 5.75 Å². The summed E-state index contributed by atoms with van der Waals surface area (Å²) in [6, 6.07) is 23.6. The Kier molecular flexibility index (Phi) is 4.82. The van der Waals surface area contributed by atoms with E-state index >= 15 is 0 Å². The molecular formula is C23H18ClN3O2. The molecule has 5 aromatic rings. The molecule has 2 heterocycles. The molecule has 5 nitrogen and oxygen atoms in total. The van der Waals surface area contributed by atoms with Gasteiger partial charge in [0, 0.05) is 28.9 Å². The number of fused-ring (bicyclic) bond motifs is 4. The van der Waals surface area contributed by atoms with Crippen molar-refractivity contribution in [3.8, 4) is 5.75 Å². The van der Waals surface area contributed by atoms with E-state index in [4.69, 9.17) is 9.72 Å². The molecule has 0 atom stereocenters. The lowest BCUT2D eigenvalue weighted by atomic mass is 10.1. The molecule has 2 aromatic heterocycles. The SMILES string of the molecule is CC(=O)Oc1ccc(Nc2c3ccccc3nc3c2[nH]c2ccccc23)cc1.Cl. The second-order valence-corrected chi connectivity index (χ2v) is 6.64. The van der Waals surface area contributed by atoms with Crippen LogP contribution in [0.25, 0.3) is 32.8 Å². The van der Waals surface area contributed by atoms with Crippen LogP contribution < -0.4 is 10.1 Å². The van der Waals surface area contributed by atoms with Gasteiger partial charge in [-0.05, 0) is 36.4 Å². The highest BCUT2D eigenvalue weighted by atomic mass is 35.5. The summed E-state index contributed by atoms with van der Waals surface area (Å²) in [5.41, 5.74) is 5.74. The third kappa shape index (κ3) is 3.37. The molecule has 3 aromatic carbocycles. The van der Waals surface area contributed by atoms with E-state index in [9.17, 15) is 4.79 Å². The minimum atomic E-state index is -0.333. The van der Waals surface area contributed by atoms with E-state index in [1.165, 1.54) is 6.92 Å². The van der Waals surface area contributed by atoms with Crippen molar-refractivity contribution in [1.82, 2.24) is 9.97 Å². The summed E-state index contributed by atoms with van der Waals surface area (Å²) in [6.45, 7) is 1.39. The molecule has 5 rings (SSSR count). The van der Waals surface area contributed by atoms with Gasteiger partial charge in [-0.15, -0.1) is 12.4 Å². The summed E-state index contributed by atoms with van der Waals surface area (Å²) in [7, 11) is 0. The van der Waals surface area contributed by atoms with Crippen LogP contribution in [0.3, 0.4) is 0 Å². The average Bonchev–Trinajstić information content (AvgIpc) is 3.07. The van der Waals surface area contributed by atoms with Gasteiger partial charge in [0.15, 0.2) is 0 Å². The molecule has 29 heavy (non-hydrogen) atoms. The van der Waals surface area contributed by atoms with E-state index < -0.39 is 0 Å². The fraction of sp³-hybridized carbons (Fsp3) is 0.0435. The van der Waals surface area contributed by atoms with Crippen LogP contribution in [0.5, 0.6) is 5.75 Å². The summed E-state index contributed by atoms with van der Waals surface area (Å²) in [5, 5.41) is 5.65. The Bertz CT molecular complexity index is 1340. The molecule has 0 unspecified atom stereocenters.